The Morgan fingerprint density at radius 2 is 1.94 bits per heavy atom. The van der Waals surface area contributed by atoms with Crippen LogP contribution >= 0.6 is 0 Å². The van der Waals surface area contributed by atoms with Crippen LogP contribution in [0.3, 0.4) is 0 Å². The number of rotatable bonds is 2. The average Bonchev–Trinajstić information content (AvgIpc) is 2.59. The predicted molar refractivity (Wildman–Crippen MR) is 77.7 cm³/mol. The van der Waals surface area contributed by atoms with Crippen molar-refractivity contribution < 1.29 is 0 Å². The number of nitrogens with zero attached hydrogens (tertiary/aromatic N) is 1. The number of nitrogens with two attached hydrogens (primary N) is 1. The maximum absolute atomic E-state index is 6.22. The molecule has 1 aromatic rings. The average molecular weight is 248 g/mol. The Bertz CT molecular complexity index is 421. The summed E-state index contributed by atoms with van der Waals surface area (Å²) in [5, 5.41) is 0. The summed E-state index contributed by atoms with van der Waals surface area (Å²) < 4.78 is 2.48. The molecule has 1 unspecified atom stereocenters. The summed E-state index contributed by atoms with van der Waals surface area (Å²) in [6.45, 7) is 11.6. The van der Waals surface area contributed by atoms with Gasteiger partial charge in [-0.05, 0) is 56.6 Å². The Labute approximate surface area is 112 Å². The van der Waals surface area contributed by atoms with Crippen molar-refractivity contribution in [3.63, 3.8) is 0 Å². The molecule has 0 fully saturated rings. The highest BCUT2D eigenvalue weighted by atomic mass is 15.1. The minimum atomic E-state index is 0.170. The molecule has 2 rings (SSSR count). The topological polar surface area (TPSA) is 30.9 Å². The first-order chi connectivity index (χ1) is 8.21. The van der Waals surface area contributed by atoms with Crippen molar-refractivity contribution >= 4 is 0 Å². The van der Waals surface area contributed by atoms with Gasteiger partial charge in [0, 0.05) is 23.5 Å². The highest BCUT2D eigenvalue weighted by molar-refractivity contribution is 5.29. The van der Waals surface area contributed by atoms with Gasteiger partial charge >= 0.3 is 0 Å². The molecule has 0 saturated heterocycles. The van der Waals surface area contributed by atoms with Crippen molar-refractivity contribution in [1.29, 1.82) is 0 Å². The van der Waals surface area contributed by atoms with Crippen LogP contribution < -0.4 is 5.73 Å². The minimum Gasteiger partial charge on any atom is -0.346 e. The van der Waals surface area contributed by atoms with E-state index in [1.165, 1.54) is 30.5 Å². The maximum Gasteiger partial charge on any atom is 0.0391 e. The van der Waals surface area contributed by atoms with Gasteiger partial charge in [0.1, 0.15) is 0 Å². The Morgan fingerprint density at radius 1 is 1.28 bits per heavy atom. The lowest BCUT2D eigenvalue weighted by Crippen LogP contribution is -2.33. The molecule has 0 aliphatic heterocycles. The van der Waals surface area contributed by atoms with Gasteiger partial charge in [-0.1, -0.05) is 20.8 Å². The second-order valence-electron chi connectivity index (χ2n) is 7.64. The van der Waals surface area contributed by atoms with E-state index < -0.39 is 0 Å². The molecule has 0 amide bonds. The second kappa shape index (κ2) is 4.41. The van der Waals surface area contributed by atoms with E-state index in [4.69, 9.17) is 5.73 Å². The predicted octanol–water partition coefficient (Wildman–Crippen LogP) is 4.00. The lowest BCUT2D eigenvalue weighted by molar-refractivity contribution is 0.210. The normalized spacial score (nSPS) is 20.9. The minimum absolute atomic E-state index is 0.170. The number of fused-ring (bicyclic) bond motifs is 1. The van der Waals surface area contributed by atoms with Crippen LogP contribution in [-0.2, 0) is 12.0 Å². The summed E-state index contributed by atoms with van der Waals surface area (Å²) in [4.78, 5) is 0. The molecule has 1 atom stereocenters. The second-order valence-corrected chi connectivity index (χ2v) is 7.64. The molecule has 0 bridgehead atoms. The van der Waals surface area contributed by atoms with E-state index in [1.807, 2.05) is 0 Å². The van der Waals surface area contributed by atoms with Gasteiger partial charge in [0.25, 0.3) is 0 Å². The summed E-state index contributed by atoms with van der Waals surface area (Å²) in [6, 6.07) is 2.49. The van der Waals surface area contributed by atoms with Gasteiger partial charge in [-0.2, -0.15) is 0 Å². The molecule has 2 N–H and O–H groups in total. The lowest BCUT2D eigenvalue weighted by Gasteiger charge is -2.36. The first kappa shape index (κ1) is 13.7. The van der Waals surface area contributed by atoms with Gasteiger partial charge in [0.15, 0.2) is 0 Å². The standard InChI is InChI=1S/C16H28N2/c1-15(2,3)11-16(4,5)18-10-9-12-13(17)7-6-8-14(12)18/h9-10,13H,6-8,11,17H2,1-5H3. The molecular weight excluding hydrogens is 220 g/mol. The fraction of sp³-hybridized carbons (Fsp3) is 0.750. The van der Waals surface area contributed by atoms with Crippen LogP contribution in [0.15, 0.2) is 12.3 Å². The molecule has 2 heteroatoms. The first-order valence-corrected chi connectivity index (χ1v) is 7.17. The van der Waals surface area contributed by atoms with E-state index >= 15 is 0 Å². The van der Waals surface area contributed by atoms with Crippen LogP contribution in [0.1, 0.15) is 71.2 Å². The molecule has 0 saturated carbocycles. The molecule has 1 aliphatic rings. The number of hydrogen-bond acceptors (Lipinski definition) is 1. The molecule has 1 aromatic heterocycles. The van der Waals surface area contributed by atoms with E-state index in [0.717, 1.165) is 6.42 Å². The van der Waals surface area contributed by atoms with Gasteiger partial charge in [-0.15, -0.1) is 0 Å². The molecule has 1 aliphatic carbocycles. The first-order valence-electron chi connectivity index (χ1n) is 7.17. The smallest absolute Gasteiger partial charge is 0.0391 e. The third-order valence-electron chi connectivity index (χ3n) is 3.97. The van der Waals surface area contributed by atoms with Crippen molar-refractivity contribution in [3.8, 4) is 0 Å². The van der Waals surface area contributed by atoms with Crippen LogP contribution in [0.25, 0.3) is 0 Å². The zero-order chi connectivity index (χ0) is 13.6. The Hall–Kier alpha value is -0.760. The number of aromatic nitrogens is 1. The fourth-order valence-electron chi connectivity index (χ4n) is 3.68. The van der Waals surface area contributed by atoms with Gasteiger partial charge < -0.3 is 10.3 Å². The third-order valence-corrected chi connectivity index (χ3v) is 3.97. The van der Waals surface area contributed by atoms with Crippen molar-refractivity contribution in [2.45, 2.75) is 71.9 Å². The Kier molecular flexibility index (Phi) is 3.35. The van der Waals surface area contributed by atoms with E-state index in [-0.39, 0.29) is 11.6 Å². The molecule has 18 heavy (non-hydrogen) atoms. The zero-order valence-electron chi connectivity index (χ0n) is 12.6. The van der Waals surface area contributed by atoms with Gasteiger partial charge in [0.2, 0.25) is 0 Å². The highest BCUT2D eigenvalue weighted by Crippen LogP contribution is 2.37. The zero-order valence-corrected chi connectivity index (χ0v) is 12.6. The van der Waals surface area contributed by atoms with Crippen LogP contribution in [0, 0.1) is 5.41 Å². The monoisotopic (exact) mass is 248 g/mol. The molecule has 1 heterocycles. The molecule has 0 aromatic carbocycles. The van der Waals surface area contributed by atoms with Crippen LogP contribution in [0.2, 0.25) is 0 Å². The number of hydrogen-bond donors (Lipinski definition) is 1. The highest BCUT2D eigenvalue weighted by Gasteiger charge is 2.31. The largest absolute Gasteiger partial charge is 0.346 e. The van der Waals surface area contributed by atoms with Crippen molar-refractivity contribution in [1.82, 2.24) is 4.57 Å². The van der Waals surface area contributed by atoms with Crippen LogP contribution in [0.4, 0.5) is 0 Å². The molecule has 2 nitrogen and oxygen atoms in total. The molecule has 0 spiro atoms. The lowest BCUT2D eigenvalue weighted by atomic mass is 9.81. The van der Waals surface area contributed by atoms with Gasteiger partial charge in [-0.25, -0.2) is 0 Å². The van der Waals surface area contributed by atoms with E-state index in [2.05, 4.69) is 51.4 Å². The SMILES string of the molecule is CC(C)(C)CC(C)(C)n1ccc2c1CCCC2N. The van der Waals surface area contributed by atoms with Crippen LogP contribution in [-0.4, -0.2) is 4.57 Å². The van der Waals surface area contributed by atoms with Crippen molar-refractivity contribution in [2.75, 3.05) is 0 Å². The van der Waals surface area contributed by atoms with Crippen molar-refractivity contribution in [2.24, 2.45) is 11.1 Å². The summed E-state index contributed by atoms with van der Waals surface area (Å²) in [6.07, 6.45) is 6.97. The van der Waals surface area contributed by atoms with Gasteiger partial charge in [-0.3, -0.25) is 0 Å². The summed E-state index contributed by atoms with van der Waals surface area (Å²) in [7, 11) is 0. The summed E-state index contributed by atoms with van der Waals surface area (Å²) in [5.41, 5.74) is 9.58. The maximum atomic E-state index is 6.22. The van der Waals surface area contributed by atoms with E-state index in [0.29, 0.717) is 5.41 Å². The summed E-state index contributed by atoms with van der Waals surface area (Å²) in [5.74, 6) is 0. The Morgan fingerprint density at radius 3 is 2.56 bits per heavy atom. The molecular formula is C16H28N2. The fourth-order valence-corrected chi connectivity index (χ4v) is 3.68. The van der Waals surface area contributed by atoms with Crippen LogP contribution in [0.5, 0.6) is 0 Å². The van der Waals surface area contributed by atoms with Crippen molar-refractivity contribution in [3.05, 3.63) is 23.5 Å². The quantitative estimate of drug-likeness (QED) is 0.842. The molecule has 0 radical (unpaired) electrons. The third kappa shape index (κ3) is 2.64. The molecule has 102 valence electrons. The van der Waals surface area contributed by atoms with Gasteiger partial charge in [0.05, 0.1) is 0 Å². The summed E-state index contributed by atoms with van der Waals surface area (Å²) >= 11 is 0. The Balaban J connectivity index is 2.34. The van der Waals surface area contributed by atoms with E-state index in [1.54, 1.807) is 0 Å². The van der Waals surface area contributed by atoms with E-state index in [9.17, 15) is 0 Å².